The Balaban J connectivity index is 2.67. The first kappa shape index (κ1) is 11.9. The Morgan fingerprint density at radius 1 is 1.21 bits per heavy atom. The molecule has 0 aliphatic carbocycles. The van der Waals surface area contributed by atoms with Gasteiger partial charge in [-0.1, -0.05) is 40.8 Å². The summed E-state index contributed by atoms with van der Waals surface area (Å²) in [6.07, 6.45) is 0.854. The first-order chi connectivity index (χ1) is 6.67. The highest BCUT2D eigenvalue weighted by Crippen LogP contribution is 2.06. The first-order valence-corrected chi connectivity index (χ1v) is 7.28. The van der Waals surface area contributed by atoms with Crippen LogP contribution in [0.2, 0.25) is 0 Å². The van der Waals surface area contributed by atoms with Crippen molar-refractivity contribution >= 4 is 32.6 Å². The molecule has 0 amide bonds. The highest BCUT2D eigenvalue weighted by atomic mass is 127. The Bertz CT molecular complexity index is 364. The molecule has 0 aliphatic heterocycles. The molecule has 0 radical (unpaired) electrons. The third-order valence-corrected chi connectivity index (χ3v) is 3.90. The Hall–Kier alpha value is -0.140. The maximum absolute atomic E-state index is 11.6. The summed E-state index contributed by atoms with van der Waals surface area (Å²) in [7, 11) is -3.29. The van der Waals surface area contributed by atoms with Crippen LogP contribution in [0.5, 0.6) is 0 Å². The predicted molar refractivity (Wildman–Crippen MR) is 65.1 cm³/mol. The van der Waals surface area contributed by atoms with E-state index >= 15 is 0 Å². The van der Waals surface area contributed by atoms with Crippen molar-refractivity contribution in [3.05, 3.63) is 30.3 Å². The van der Waals surface area contributed by atoms with Gasteiger partial charge in [-0.25, -0.2) is 13.1 Å². The van der Waals surface area contributed by atoms with Gasteiger partial charge in [0.15, 0.2) is 0 Å². The van der Waals surface area contributed by atoms with Crippen LogP contribution in [0.25, 0.3) is 0 Å². The van der Waals surface area contributed by atoms with E-state index in [-0.39, 0.29) is 0 Å². The largest absolute Gasteiger partial charge is 0.240 e. The zero-order valence-corrected chi connectivity index (χ0v) is 10.6. The van der Waals surface area contributed by atoms with Crippen LogP contribution in [0.15, 0.2) is 35.2 Å². The van der Waals surface area contributed by atoms with E-state index in [1.807, 2.05) is 0 Å². The molecule has 1 aromatic carbocycles. The SMILES string of the molecule is O=S(=O)(NCCCI)c1ccccc1. The third kappa shape index (κ3) is 3.55. The molecule has 0 saturated carbocycles. The van der Waals surface area contributed by atoms with Gasteiger partial charge in [0.2, 0.25) is 10.0 Å². The molecule has 78 valence electrons. The number of halogens is 1. The minimum atomic E-state index is -3.29. The number of hydrogen-bond donors (Lipinski definition) is 1. The summed E-state index contributed by atoms with van der Waals surface area (Å²) < 4.78 is 26.7. The van der Waals surface area contributed by atoms with Crippen molar-refractivity contribution in [2.45, 2.75) is 11.3 Å². The molecule has 0 bridgehead atoms. The van der Waals surface area contributed by atoms with Crippen LogP contribution in [-0.4, -0.2) is 19.4 Å². The first-order valence-electron chi connectivity index (χ1n) is 4.27. The molecule has 1 rings (SSSR count). The molecule has 0 spiro atoms. The van der Waals surface area contributed by atoms with Crippen LogP contribution >= 0.6 is 22.6 Å². The number of benzene rings is 1. The summed E-state index contributed by atoms with van der Waals surface area (Å²) >= 11 is 2.22. The summed E-state index contributed by atoms with van der Waals surface area (Å²) in [5.41, 5.74) is 0. The van der Waals surface area contributed by atoms with E-state index in [0.29, 0.717) is 11.4 Å². The van der Waals surface area contributed by atoms with Gasteiger partial charge in [-0.3, -0.25) is 0 Å². The molecule has 0 heterocycles. The Morgan fingerprint density at radius 2 is 1.86 bits per heavy atom. The Labute approximate surface area is 98.1 Å². The van der Waals surface area contributed by atoms with E-state index in [0.717, 1.165) is 10.8 Å². The second kappa shape index (κ2) is 5.67. The molecule has 0 saturated heterocycles. The lowest BCUT2D eigenvalue weighted by atomic mass is 10.4. The van der Waals surface area contributed by atoms with Crippen molar-refractivity contribution in [1.82, 2.24) is 4.72 Å². The lowest BCUT2D eigenvalue weighted by Crippen LogP contribution is -2.24. The Morgan fingerprint density at radius 3 is 2.43 bits per heavy atom. The van der Waals surface area contributed by atoms with Crippen molar-refractivity contribution in [3.63, 3.8) is 0 Å². The van der Waals surface area contributed by atoms with Crippen molar-refractivity contribution in [2.24, 2.45) is 0 Å². The van der Waals surface area contributed by atoms with Gasteiger partial charge < -0.3 is 0 Å². The van der Waals surface area contributed by atoms with Gasteiger partial charge in [0, 0.05) is 11.0 Å². The topological polar surface area (TPSA) is 46.2 Å². The van der Waals surface area contributed by atoms with E-state index in [2.05, 4.69) is 27.3 Å². The fourth-order valence-corrected chi connectivity index (χ4v) is 2.43. The van der Waals surface area contributed by atoms with Gasteiger partial charge >= 0.3 is 0 Å². The van der Waals surface area contributed by atoms with Crippen LogP contribution < -0.4 is 4.72 Å². The molecule has 5 heteroatoms. The second-order valence-corrected chi connectivity index (χ2v) is 5.60. The average molecular weight is 325 g/mol. The van der Waals surface area contributed by atoms with E-state index < -0.39 is 10.0 Å². The number of hydrogen-bond acceptors (Lipinski definition) is 2. The normalized spacial score (nSPS) is 11.5. The maximum atomic E-state index is 11.6. The standard InChI is InChI=1S/C9H12INO2S/c10-7-4-8-11-14(12,13)9-5-2-1-3-6-9/h1-3,5-6,11H,4,7-8H2. The zero-order valence-electron chi connectivity index (χ0n) is 7.61. The molecular formula is C9H12INO2S. The summed E-state index contributed by atoms with van der Waals surface area (Å²) in [5.74, 6) is 0. The molecule has 0 aromatic heterocycles. The monoisotopic (exact) mass is 325 g/mol. The van der Waals surface area contributed by atoms with Gasteiger partial charge in [0.1, 0.15) is 0 Å². The second-order valence-electron chi connectivity index (χ2n) is 2.75. The van der Waals surface area contributed by atoms with Crippen molar-refractivity contribution < 1.29 is 8.42 Å². The molecular weight excluding hydrogens is 313 g/mol. The fraction of sp³-hybridized carbons (Fsp3) is 0.333. The van der Waals surface area contributed by atoms with Crippen LogP contribution in [0.1, 0.15) is 6.42 Å². The lowest BCUT2D eigenvalue weighted by Gasteiger charge is -2.04. The molecule has 0 fully saturated rings. The lowest BCUT2D eigenvalue weighted by molar-refractivity contribution is 0.581. The minimum absolute atomic E-state index is 0.327. The Kier molecular flexibility index (Phi) is 4.83. The molecule has 1 aromatic rings. The summed E-state index contributed by atoms with van der Waals surface area (Å²) in [4.78, 5) is 0.327. The smallest absolute Gasteiger partial charge is 0.211 e. The van der Waals surface area contributed by atoms with Gasteiger partial charge in [0.05, 0.1) is 4.90 Å². The number of nitrogens with one attached hydrogen (secondary N) is 1. The van der Waals surface area contributed by atoms with Gasteiger partial charge in [0.25, 0.3) is 0 Å². The maximum Gasteiger partial charge on any atom is 0.240 e. The number of sulfonamides is 1. The number of alkyl halides is 1. The number of rotatable bonds is 5. The molecule has 0 atom stereocenters. The molecule has 14 heavy (non-hydrogen) atoms. The molecule has 0 aliphatic rings. The zero-order chi connectivity index (χ0) is 10.4. The van der Waals surface area contributed by atoms with Crippen LogP contribution in [0, 0.1) is 0 Å². The van der Waals surface area contributed by atoms with Gasteiger partial charge in [-0.2, -0.15) is 0 Å². The van der Waals surface area contributed by atoms with E-state index in [9.17, 15) is 8.42 Å². The van der Waals surface area contributed by atoms with Gasteiger partial charge in [-0.05, 0) is 18.6 Å². The average Bonchev–Trinajstić information content (AvgIpc) is 2.19. The summed E-state index contributed by atoms with van der Waals surface area (Å²) in [6.45, 7) is 0.500. The third-order valence-electron chi connectivity index (χ3n) is 1.66. The summed E-state index contributed by atoms with van der Waals surface area (Å²) in [5, 5.41) is 0. The molecule has 3 nitrogen and oxygen atoms in total. The molecule has 0 unspecified atom stereocenters. The van der Waals surface area contributed by atoms with E-state index in [1.165, 1.54) is 0 Å². The van der Waals surface area contributed by atoms with Crippen molar-refractivity contribution in [3.8, 4) is 0 Å². The fourth-order valence-electron chi connectivity index (χ4n) is 0.956. The van der Waals surface area contributed by atoms with Crippen LogP contribution in [0.3, 0.4) is 0 Å². The van der Waals surface area contributed by atoms with Crippen molar-refractivity contribution in [1.29, 1.82) is 0 Å². The summed E-state index contributed by atoms with van der Waals surface area (Å²) in [6, 6.07) is 8.41. The molecule has 1 N–H and O–H groups in total. The highest BCUT2D eigenvalue weighted by molar-refractivity contribution is 14.1. The quantitative estimate of drug-likeness (QED) is 0.510. The van der Waals surface area contributed by atoms with Gasteiger partial charge in [-0.15, -0.1) is 0 Å². The minimum Gasteiger partial charge on any atom is -0.211 e. The van der Waals surface area contributed by atoms with Crippen molar-refractivity contribution in [2.75, 3.05) is 11.0 Å². The van der Waals surface area contributed by atoms with Crippen LogP contribution in [0.4, 0.5) is 0 Å². The predicted octanol–water partition coefficient (Wildman–Crippen LogP) is 1.79. The van der Waals surface area contributed by atoms with E-state index in [4.69, 9.17) is 0 Å². The van der Waals surface area contributed by atoms with Crippen LogP contribution in [-0.2, 0) is 10.0 Å². The highest BCUT2D eigenvalue weighted by Gasteiger charge is 2.11. The van der Waals surface area contributed by atoms with E-state index in [1.54, 1.807) is 30.3 Å².